The lowest BCUT2D eigenvalue weighted by Crippen LogP contribution is -2.09. The van der Waals surface area contributed by atoms with Crippen LogP contribution in [0.25, 0.3) is 0 Å². The second-order valence-electron chi connectivity index (χ2n) is 4.82. The number of aromatic nitrogens is 1. The van der Waals surface area contributed by atoms with Gasteiger partial charge in [0, 0.05) is 18.6 Å². The maximum Gasteiger partial charge on any atom is 0.169 e. The Morgan fingerprint density at radius 2 is 2.00 bits per heavy atom. The molecule has 1 aromatic carbocycles. The van der Waals surface area contributed by atoms with E-state index in [1.165, 1.54) is 5.56 Å². The van der Waals surface area contributed by atoms with Gasteiger partial charge in [-0.05, 0) is 37.1 Å². The van der Waals surface area contributed by atoms with Crippen LogP contribution < -0.4 is 10.1 Å². The molecule has 0 saturated heterocycles. The number of ether oxygens (including phenoxy) is 1. The molecular weight excluding hydrogens is 272 g/mol. The summed E-state index contributed by atoms with van der Waals surface area (Å²) in [4.78, 5) is 4.33. The van der Waals surface area contributed by atoms with E-state index in [0.29, 0.717) is 12.4 Å². The smallest absolute Gasteiger partial charge is 0.169 e. The third-order valence-electron chi connectivity index (χ3n) is 2.74. The normalized spacial score (nSPS) is 10.6. The fourth-order valence-electron chi connectivity index (χ4n) is 1.88. The Kier molecular flexibility index (Phi) is 5.24. The van der Waals surface area contributed by atoms with Crippen LogP contribution in [0.3, 0.4) is 0 Å². The SMILES string of the molecule is CC(C)Oc1cccnc1NCc1cccc(CCl)c1. The molecule has 2 aromatic rings. The van der Waals surface area contributed by atoms with Crippen molar-refractivity contribution < 1.29 is 4.74 Å². The Bertz CT molecular complexity index is 558. The van der Waals surface area contributed by atoms with Gasteiger partial charge in [-0.3, -0.25) is 0 Å². The average Bonchev–Trinajstić information content (AvgIpc) is 2.46. The summed E-state index contributed by atoms with van der Waals surface area (Å²) in [6.07, 6.45) is 1.88. The Labute approximate surface area is 124 Å². The van der Waals surface area contributed by atoms with E-state index in [9.17, 15) is 0 Å². The van der Waals surface area contributed by atoms with Gasteiger partial charge in [-0.15, -0.1) is 11.6 Å². The van der Waals surface area contributed by atoms with Gasteiger partial charge in [-0.1, -0.05) is 24.3 Å². The molecule has 0 aliphatic rings. The Morgan fingerprint density at radius 3 is 2.75 bits per heavy atom. The molecule has 106 valence electrons. The molecule has 3 nitrogen and oxygen atoms in total. The van der Waals surface area contributed by atoms with Crippen molar-refractivity contribution in [3.05, 3.63) is 53.7 Å². The number of benzene rings is 1. The van der Waals surface area contributed by atoms with Gasteiger partial charge in [-0.2, -0.15) is 0 Å². The van der Waals surface area contributed by atoms with Gasteiger partial charge in [0.1, 0.15) is 0 Å². The summed E-state index contributed by atoms with van der Waals surface area (Å²) in [7, 11) is 0. The van der Waals surface area contributed by atoms with Gasteiger partial charge in [0.2, 0.25) is 0 Å². The van der Waals surface area contributed by atoms with Crippen LogP contribution in [-0.2, 0) is 12.4 Å². The van der Waals surface area contributed by atoms with E-state index in [-0.39, 0.29) is 6.10 Å². The van der Waals surface area contributed by atoms with Crippen LogP contribution in [0.1, 0.15) is 25.0 Å². The van der Waals surface area contributed by atoms with Gasteiger partial charge < -0.3 is 10.1 Å². The van der Waals surface area contributed by atoms with E-state index in [1.54, 1.807) is 6.20 Å². The summed E-state index contributed by atoms with van der Waals surface area (Å²) in [6.45, 7) is 4.69. The molecule has 0 bridgehead atoms. The van der Waals surface area contributed by atoms with Gasteiger partial charge in [0.05, 0.1) is 6.10 Å². The number of nitrogens with one attached hydrogen (secondary N) is 1. The van der Waals surface area contributed by atoms with Crippen molar-refractivity contribution in [3.63, 3.8) is 0 Å². The standard InChI is InChI=1S/C16H19ClN2O/c1-12(2)20-15-7-4-8-18-16(15)19-11-14-6-3-5-13(9-14)10-17/h3-9,12H,10-11H2,1-2H3,(H,18,19). The zero-order chi connectivity index (χ0) is 14.4. The quantitative estimate of drug-likeness (QED) is 0.809. The van der Waals surface area contributed by atoms with Crippen molar-refractivity contribution in [2.24, 2.45) is 0 Å². The topological polar surface area (TPSA) is 34.1 Å². The van der Waals surface area contributed by atoms with Crippen molar-refractivity contribution in [2.75, 3.05) is 5.32 Å². The summed E-state index contributed by atoms with van der Waals surface area (Å²) in [5, 5.41) is 3.31. The number of alkyl halides is 1. The van der Waals surface area contributed by atoms with Crippen LogP contribution in [0.2, 0.25) is 0 Å². The largest absolute Gasteiger partial charge is 0.487 e. The second-order valence-corrected chi connectivity index (χ2v) is 5.09. The monoisotopic (exact) mass is 290 g/mol. The van der Waals surface area contributed by atoms with Crippen LogP contribution in [0, 0.1) is 0 Å². The van der Waals surface area contributed by atoms with E-state index in [4.69, 9.17) is 16.3 Å². The van der Waals surface area contributed by atoms with Crippen molar-refractivity contribution in [1.82, 2.24) is 4.98 Å². The molecule has 0 radical (unpaired) electrons. The molecule has 20 heavy (non-hydrogen) atoms. The maximum atomic E-state index is 5.85. The fourth-order valence-corrected chi connectivity index (χ4v) is 2.05. The molecule has 1 heterocycles. The van der Waals surface area contributed by atoms with E-state index < -0.39 is 0 Å². The number of nitrogens with zero attached hydrogens (tertiary/aromatic N) is 1. The van der Waals surface area contributed by atoms with E-state index in [2.05, 4.69) is 22.4 Å². The van der Waals surface area contributed by atoms with Crippen molar-refractivity contribution in [1.29, 1.82) is 0 Å². The van der Waals surface area contributed by atoms with Crippen LogP contribution in [0.4, 0.5) is 5.82 Å². The van der Waals surface area contributed by atoms with Crippen molar-refractivity contribution in [2.45, 2.75) is 32.4 Å². The summed E-state index contributed by atoms with van der Waals surface area (Å²) < 4.78 is 5.73. The lowest BCUT2D eigenvalue weighted by Gasteiger charge is -2.14. The van der Waals surface area contributed by atoms with Crippen molar-refractivity contribution >= 4 is 17.4 Å². The predicted molar refractivity (Wildman–Crippen MR) is 83.3 cm³/mol. The van der Waals surface area contributed by atoms with Crippen LogP contribution >= 0.6 is 11.6 Å². The minimum Gasteiger partial charge on any atom is -0.487 e. The molecule has 4 heteroatoms. The number of rotatable bonds is 6. The first-order valence-corrected chi connectivity index (χ1v) is 7.22. The van der Waals surface area contributed by atoms with E-state index in [1.807, 2.05) is 38.1 Å². The van der Waals surface area contributed by atoms with Crippen LogP contribution in [-0.4, -0.2) is 11.1 Å². The first kappa shape index (κ1) is 14.7. The summed E-state index contributed by atoms with van der Waals surface area (Å²) in [5.74, 6) is 2.06. The van der Waals surface area contributed by atoms with Gasteiger partial charge in [0.25, 0.3) is 0 Å². The molecular formula is C16H19ClN2O. The minimum atomic E-state index is 0.124. The highest BCUT2D eigenvalue weighted by Gasteiger charge is 2.06. The van der Waals surface area contributed by atoms with E-state index in [0.717, 1.165) is 17.1 Å². The molecule has 0 aliphatic carbocycles. The molecule has 0 unspecified atom stereocenters. The second kappa shape index (κ2) is 7.15. The summed E-state index contributed by atoms with van der Waals surface area (Å²) in [5.41, 5.74) is 2.29. The highest BCUT2D eigenvalue weighted by molar-refractivity contribution is 6.17. The lowest BCUT2D eigenvalue weighted by atomic mass is 10.1. The zero-order valence-electron chi connectivity index (χ0n) is 11.8. The first-order chi connectivity index (χ1) is 9.69. The molecule has 0 fully saturated rings. The van der Waals surface area contributed by atoms with Crippen molar-refractivity contribution in [3.8, 4) is 5.75 Å². The van der Waals surface area contributed by atoms with Crippen LogP contribution in [0.15, 0.2) is 42.6 Å². The molecule has 2 rings (SSSR count). The summed E-state index contributed by atoms with van der Waals surface area (Å²) >= 11 is 5.85. The highest BCUT2D eigenvalue weighted by atomic mass is 35.5. The van der Waals surface area contributed by atoms with Gasteiger partial charge in [0.15, 0.2) is 11.6 Å². The fraction of sp³-hybridized carbons (Fsp3) is 0.312. The van der Waals surface area contributed by atoms with Gasteiger partial charge >= 0.3 is 0 Å². The lowest BCUT2D eigenvalue weighted by molar-refractivity contribution is 0.243. The third-order valence-corrected chi connectivity index (χ3v) is 3.05. The minimum absolute atomic E-state index is 0.124. The molecule has 0 spiro atoms. The predicted octanol–water partition coefficient (Wildman–Crippen LogP) is 4.22. The summed E-state index contributed by atoms with van der Waals surface area (Å²) in [6, 6.07) is 12.0. The number of pyridine rings is 1. The number of hydrogen-bond acceptors (Lipinski definition) is 3. The average molecular weight is 291 g/mol. The molecule has 0 atom stereocenters. The zero-order valence-corrected chi connectivity index (χ0v) is 12.5. The first-order valence-electron chi connectivity index (χ1n) is 6.68. The van der Waals surface area contributed by atoms with Crippen LogP contribution in [0.5, 0.6) is 5.75 Å². The third kappa shape index (κ3) is 4.14. The maximum absolute atomic E-state index is 5.85. The Morgan fingerprint density at radius 1 is 1.20 bits per heavy atom. The molecule has 0 aliphatic heterocycles. The number of anilines is 1. The molecule has 1 N–H and O–H groups in total. The molecule has 0 saturated carbocycles. The number of hydrogen-bond donors (Lipinski definition) is 1. The van der Waals surface area contributed by atoms with E-state index >= 15 is 0 Å². The molecule has 1 aromatic heterocycles. The Balaban J connectivity index is 2.06. The number of halogens is 1. The Hall–Kier alpha value is -1.74. The highest BCUT2D eigenvalue weighted by Crippen LogP contribution is 2.22. The van der Waals surface area contributed by atoms with Gasteiger partial charge in [-0.25, -0.2) is 4.98 Å². The molecule has 0 amide bonds.